The summed E-state index contributed by atoms with van der Waals surface area (Å²) in [6, 6.07) is 16.6. The van der Waals surface area contributed by atoms with Crippen molar-refractivity contribution in [3.05, 3.63) is 71.3 Å². The van der Waals surface area contributed by atoms with Crippen LogP contribution in [0.15, 0.2) is 59.0 Å². The molecule has 0 saturated heterocycles. The normalized spacial score (nSPS) is 10.7. The van der Waals surface area contributed by atoms with Crippen molar-refractivity contribution in [1.29, 1.82) is 0 Å². The number of hydrogen-bond acceptors (Lipinski definition) is 6. The number of aromatic nitrogens is 1. The van der Waals surface area contributed by atoms with E-state index in [1.54, 1.807) is 25.3 Å². The van der Waals surface area contributed by atoms with E-state index in [2.05, 4.69) is 15.6 Å². The van der Waals surface area contributed by atoms with E-state index in [0.717, 1.165) is 33.5 Å². The summed E-state index contributed by atoms with van der Waals surface area (Å²) >= 11 is 5.38. The Hall–Kier alpha value is -3.91. The van der Waals surface area contributed by atoms with Gasteiger partial charge in [-0.1, -0.05) is 12.1 Å². The zero-order valence-electron chi connectivity index (χ0n) is 18.7. The minimum Gasteiger partial charge on any atom is -0.497 e. The highest BCUT2D eigenvalue weighted by atomic mass is 32.1. The Morgan fingerprint density at radius 3 is 2.58 bits per heavy atom. The predicted octanol–water partition coefficient (Wildman–Crippen LogP) is 5.26. The summed E-state index contributed by atoms with van der Waals surface area (Å²) in [5.74, 6) is 1.09. The van der Waals surface area contributed by atoms with E-state index in [1.807, 2.05) is 50.2 Å². The van der Waals surface area contributed by atoms with Crippen molar-refractivity contribution in [2.75, 3.05) is 19.5 Å². The van der Waals surface area contributed by atoms with Gasteiger partial charge in [0.1, 0.15) is 17.0 Å². The second-order valence-corrected chi connectivity index (χ2v) is 7.90. The molecule has 0 aliphatic heterocycles. The Labute approximate surface area is 196 Å². The van der Waals surface area contributed by atoms with E-state index < -0.39 is 5.91 Å². The number of hydrogen-bond donors (Lipinski definition) is 2. The van der Waals surface area contributed by atoms with Gasteiger partial charge in [-0.25, -0.2) is 4.98 Å². The number of carbonyl (C=O) groups excluding carboxylic acids is 1. The van der Waals surface area contributed by atoms with Crippen LogP contribution in [0.5, 0.6) is 11.5 Å². The standard InChI is InChI=1S/C25H23N3O4S/c1-14-5-10-19-22(11-14)32-24(26-19)16-7-6-15(2)20(12-16)27-25(33)28-23(29)18-9-8-17(30-3)13-21(18)31-4/h5-13H,1-4H3,(H2,27,28,29,33). The number of fused-ring (bicyclic) bond motifs is 1. The molecule has 1 aromatic heterocycles. The summed E-state index contributed by atoms with van der Waals surface area (Å²) in [4.78, 5) is 17.3. The third-order valence-corrected chi connectivity index (χ3v) is 5.36. The fourth-order valence-corrected chi connectivity index (χ4v) is 3.56. The highest BCUT2D eigenvalue weighted by Crippen LogP contribution is 2.29. The molecule has 0 unspecified atom stereocenters. The summed E-state index contributed by atoms with van der Waals surface area (Å²) in [5.41, 5.74) is 5.45. The van der Waals surface area contributed by atoms with E-state index in [9.17, 15) is 4.79 Å². The molecule has 1 heterocycles. The zero-order chi connectivity index (χ0) is 23.5. The number of ether oxygens (including phenoxy) is 2. The lowest BCUT2D eigenvalue weighted by molar-refractivity contribution is 0.0974. The van der Waals surface area contributed by atoms with E-state index in [0.29, 0.717) is 23.0 Å². The van der Waals surface area contributed by atoms with Crippen molar-refractivity contribution in [1.82, 2.24) is 10.3 Å². The maximum Gasteiger partial charge on any atom is 0.261 e. The number of anilines is 1. The van der Waals surface area contributed by atoms with Gasteiger partial charge < -0.3 is 19.2 Å². The topological polar surface area (TPSA) is 85.6 Å². The van der Waals surface area contributed by atoms with Crippen LogP contribution in [0.25, 0.3) is 22.6 Å². The first-order valence-electron chi connectivity index (χ1n) is 10.2. The summed E-state index contributed by atoms with van der Waals surface area (Å²) < 4.78 is 16.4. The molecule has 7 nitrogen and oxygen atoms in total. The maximum absolute atomic E-state index is 12.7. The number of oxazole rings is 1. The lowest BCUT2D eigenvalue weighted by Crippen LogP contribution is -2.34. The first kappa shape index (κ1) is 22.3. The SMILES string of the molecule is COc1ccc(C(=O)NC(=S)Nc2cc(-c3nc4ccc(C)cc4o3)ccc2C)c(OC)c1. The third kappa shape index (κ3) is 4.80. The molecule has 168 valence electrons. The lowest BCUT2D eigenvalue weighted by atomic mass is 10.1. The molecule has 0 bridgehead atoms. The Bertz CT molecular complexity index is 1360. The van der Waals surface area contributed by atoms with Crippen LogP contribution in [0, 0.1) is 13.8 Å². The Kier molecular flexibility index (Phi) is 6.28. The van der Waals surface area contributed by atoms with Crippen molar-refractivity contribution >= 4 is 40.0 Å². The van der Waals surface area contributed by atoms with E-state index in [4.69, 9.17) is 26.1 Å². The average Bonchev–Trinajstić information content (AvgIpc) is 3.23. The number of carbonyl (C=O) groups is 1. The van der Waals surface area contributed by atoms with Gasteiger partial charge in [-0.05, 0) is 73.6 Å². The van der Waals surface area contributed by atoms with Gasteiger partial charge in [-0.3, -0.25) is 10.1 Å². The maximum atomic E-state index is 12.7. The number of thiocarbonyl (C=S) groups is 1. The molecular weight excluding hydrogens is 438 g/mol. The molecule has 4 rings (SSSR count). The molecular formula is C25H23N3O4S. The summed E-state index contributed by atoms with van der Waals surface area (Å²) in [7, 11) is 3.04. The van der Waals surface area contributed by atoms with Crippen molar-refractivity contribution in [3.63, 3.8) is 0 Å². The molecule has 0 aliphatic carbocycles. The van der Waals surface area contributed by atoms with Crippen molar-refractivity contribution in [2.24, 2.45) is 0 Å². The third-order valence-electron chi connectivity index (χ3n) is 5.16. The number of rotatable bonds is 5. The molecule has 0 aliphatic rings. The van der Waals surface area contributed by atoms with Gasteiger partial charge in [0, 0.05) is 17.3 Å². The van der Waals surface area contributed by atoms with Gasteiger partial charge in [-0.15, -0.1) is 0 Å². The fraction of sp³-hybridized carbons (Fsp3) is 0.160. The zero-order valence-corrected chi connectivity index (χ0v) is 19.5. The molecule has 3 aromatic carbocycles. The van der Waals surface area contributed by atoms with Crippen LogP contribution in [-0.4, -0.2) is 30.2 Å². The van der Waals surface area contributed by atoms with E-state index in [-0.39, 0.29) is 5.11 Å². The molecule has 33 heavy (non-hydrogen) atoms. The number of amides is 1. The van der Waals surface area contributed by atoms with Crippen LogP contribution in [0.1, 0.15) is 21.5 Å². The monoisotopic (exact) mass is 461 g/mol. The smallest absolute Gasteiger partial charge is 0.261 e. The summed E-state index contributed by atoms with van der Waals surface area (Å²) in [6.45, 7) is 3.95. The predicted molar refractivity (Wildman–Crippen MR) is 132 cm³/mol. The minimum atomic E-state index is -0.393. The van der Waals surface area contributed by atoms with Crippen LogP contribution in [0.2, 0.25) is 0 Å². The Morgan fingerprint density at radius 2 is 1.82 bits per heavy atom. The number of methoxy groups -OCH3 is 2. The van der Waals surface area contributed by atoms with Gasteiger partial charge in [0.2, 0.25) is 5.89 Å². The molecule has 4 aromatic rings. The number of nitrogens with one attached hydrogen (secondary N) is 2. The van der Waals surface area contributed by atoms with Crippen molar-refractivity contribution < 1.29 is 18.7 Å². The highest BCUT2D eigenvalue weighted by Gasteiger charge is 2.16. The number of nitrogens with zero attached hydrogens (tertiary/aromatic N) is 1. The van der Waals surface area contributed by atoms with Crippen LogP contribution >= 0.6 is 12.2 Å². The van der Waals surface area contributed by atoms with Gasteiger partial charge in [0.15, 0.2) is 10.7 Å². The van der Waals surface area contributed by atoms with Crippen molar-refractivity contribution in [3.8, 4) is 23.0 Å². The number of aryl methyl sites for hydroxylation is 2. The number of benzene rings is 3. The van der Waals surface area contributed by atoms with Crippen LogP contribution in [0.3, 0.4) is 0 Å². The largest absolute Gasteiger partial charge is 0.497 e. The minimum absolute atomic E-state index is 0.159. The van der Waals surface area contributed by atoms with Gasteiger partial charge in [0.05, 0.1) is 19.8 Å². The van der Waals surface area contributed by atoms with E-state index in [1.165, 1.54) is 7.11 Å². The molecule has 0 spiro atoms. The van der Waals surface area contributed by atoms with Crippen LogP contribution in [0.4, 0.5) is 5.69 Å². The molecule has 0 radical (unpaired) electrons. The Morgan fingerprint density at radius 1 is 1.00 bits per heavy atom. The summed E-state index contributed by atoms with van der Waals surface area (Å²) in [5, 5.41) is 5.94. The lowest BCUT2D eigenvalue weighted by Gasteiger charge is -2.14. The summed E-state index contributed by atoms with van der Waals surface area (Å²) in [6.07, 6.45) is 0. The van der Waals surface area contributed by atoms with Crippen LogP contribution < -0.4 is 20.1 Å². The van der Waals surface area contributed by atoms with Gasteiger partial charge >= 0.3 is 0 Å². The molecule has 2 N–H and O–H groups in total. The molecule has 0 saturated carbocycles. The Balaban J connectivity index is 1.53. The van der Waals surface area contributed by atoms with Gasteiger partial charge in [0.25, 0.3) is 5.91 Å². The average molecular weight is 462 g/mol. The quantitative estimate of drug-likeness (QED) is 0.392. The molecule has 1 amide bonds. The van der Waals surface area contributed by atoms with Crippen LogP contribution in [-0.2, 0) is 0 Å². The fourth-order valence-electron chi connectivity index (χ4n) is 3.36. The molecule has 0 fully saturated rings. The van der Waals surface area contributed by atoms with E-state index >= 15 is 0 Å². The second-order valence-electron chi connectivity index (χ2n) is 7.49. The van der Waals surface area contributed by atoms with Crippen molar-refractivity contribution in [2.45, 2.75) is 13.8 Å². The molecule has 8 heteroatoms. The highest BCUT2D eigenvalue weighted by molar-refractivity contribution is 7.80. The van der Waals surface area contributed by atoms with Gasteiger partial charge in [-0.2, -0.15) is 0 Å². The first-order chi connectivity index (χ1) is 15.9. The second kappa shape index (κ2) is 9.30. The molecule has 0 atom stereocenters. The first-order valence-corrected chi connectivity index (χ1v) is 10.6.